The lowest BCUT2D eigenvalue weighted by molar-refractivity contribution is 0.00646. The molecule has 26 heavy (non-hydrogen) atoms. The molecule has 2 saturated carbocycles. The molecule has 2 rings (SSSR count). The second kappa shape index (κ2) is 11.1. The largest absolute Gasteiger partial charge is 0.449 e. The average Bonchev–Trinajstić information content (AvgIpc) is 3.43. The Kier molecular flexibility index (Phi) is 9.20. The lowest BCUT2D eigenvalue weighted by Crippen LogP contribution is -2.41. The topological polar surface area (TPSA) is 42.0 Å². The number of nitrogens with zero attached hydrogens (tertiary/aromatic N) is 2. The van der Waals surface area contributed by atoms with Gasteiger partial charge in [-0.25, -0.2) is 4.79 Å². The number of amides is 1. The first-order valence-corrected chi connectivity index (χ1v) is 10.7. The van der Waals surface area contributed by atoms with Gasteiger partial charge in [0.15, 0.2) is 0 Å². The predicted octanol–water partition coefficient (Wildman–Crippen LogP) is 4.16. The summed E-state index contributed by atoms with van der Waals surface area (Å²) in [5, 5.41) is 0. The van der Waals surface area contributed by atoms with Crippen LogP contribution in [0, 0.1) is 11.8 Å². The van der Waals surface area contributed by atoms with Crippen LogP contribution in [0.5, 0.6) is 0 Å². The monoisotopic (exact) mass is 368 g/mol. The van der Waals surface area contributed by atoms with Crippen molar-refractivity contribution in [3.05, 3.63) is 0 Å². The molecule has 2 aliphatic rings. The number of hydrogen-bond donors (Lipinski definition) is 0. The van der Waals surface area contributed by atoms with Crippen molar-refractivity contribution in [1.82, 2.24) is 9.80 Å². The first kappa shape index (κ1) is 21.5. The van der Waals surface area contributed by atoms with Crippen LogP contribution in [0.4, 0.5) is 4.79 Å². The molecule has 0 radical (unpaired) electrons. The molecule has 152 valence electrons. The fourth-order valence-electron chi connectivity index (χ4n) is 3.65. The minimum Gasteiger partial charge on any atom is -0.449 e. The van der Waals surface area contributed by atoms with Gasteiger partial charge < -0.3 is 19.3 Å². The Morgan fingerprint density at radius 2 is 1.73 bits per heavy atom. The molecule has 0 N–H and O–H groups in total. The van der Waals surface area contributed by atoms with Crippen molar-refractivity contribution >= 4 is 6.09 Å². The Morgan fingerprint density at radius 1 is 1.04 bits per heavy atom. The summed E-state index contributed by atoms with van der Waals surface area (Å²) >= 11 is 0. The molecule has 0 bridgehead atoms. The molecule has 5 nitrogen and oxygen atoms in total. The number of unbranched alkanes of at least 4 members (excludes halogenated alkanes) is 1. The van der Waals surface area contributed by atoms with Crippen LogP contribution in [0.15, 0.2) is 0 Å². The van der Waals surface area contributed by atoms with Crippen molar-refractivity contribution in [2.24, 2.45) is 11.8 Å². The molecule has 0 aromatic heterocycles. The van der Waals surface area contributed by atoms with Gasteiger partial charge in [0.25, 0.3) is 0 Å². The molecule has 1 amide bonds. The van der Waals surface area contributed by atoms with Gasteiger partial charge in [-0.2, -0.15) is 0 Å². The van der Waals surface area contributed by atoms with E-state index in [1.54, 1.807) is 4.90 Å². The first-order chi connectivity index (χ1) is 12.5. The third-order valence-corrected chi connectivity index (χ3v) is 5.57. The molecule has 0 aromatic carbocycles. The van der Waals surface area contributed by atoms with Gasteiger partial charge in [-0.05, 0) is 76.8 Å². The molecule has 0 atom stereocenters. The van der Waals surface area contributed by atoms with Crippen molar-refractivity contribution in [1.29, 1.82) is 0 Å². The van der Waals surface area contributed by atoms with Gasteiger partial charge in [-0.1, -0.05) is 13.8 Å². The molecular weight excluding hydrogens is 328 g/mol. The fourth-order valence-corrected chi connectivity index (χ4v) is 3.65. The molecule has 2 aliphatic carbocycles. The van der Waals surface area contributed by atoms with E-state index in [4.69, 9.17) is 9.47 Å². The summed E-state index contributed by atoms with van der Waals surface area (Å²) in [6.45, 7) is 7.95. The summed E-state index contributed by atoms with van der Waals surface area (Å²) in [6, 6.07) is 0.297. The van der Waals surface area contributed by atoms with Crippen molar-refractivity contribution in [2.75, 3.05) is 40.4 Å². The zero-order valence-corrected chi connectivity index (χ0v) is 17.4. The number of hydrogen-bond acceptors (Lipinski definition) is 4. The molecule has 5 heteroatoms. The molecule has 0 aliphatic heterocycles. The first-order valence-electron chi connectivity index (χ1n) is 10.7. The van der Waals surface area contributed by atoms with E-state index in [1.165, 1.54) is 32.4 Å². The third kappa shape index (κ3) is 8.26. The van der Waals surface area contributed by atoms with Crippen molar-refractivity contribution in [2.45, 2.75) is 77.4 Å². The molecule has 2 fully saturated rings. The summed E-state index contributed by atoms with van der Waals surface area (Å²) in [5.74, 6) is 1.36. The second-order valence-corrected chi connectivity index (χ2v) is 8.80. The van der Waals surface area contributed by atoms with E-state index in [-0.39, 0.29) is 6.09 Å². The summed E-state index contributed by atoms with van der Waals surface area (Å²) in [5.41, 5.74) is 0. The fraction of sp³-hybridized carbons (Fsp3) is 0.952. The van der Waals surface area contributed by atoms with Crippen molar-refractivity contribution in [3.63, 3.8) is 0 Å². The van der Waals surface area contributed by atoms with Crippen LogP contribution in [-0.4, -0.2) is 68.4 Å². The standard InChI is InChI=1S/C21H40N2O3/c1-17(2)16-26-21(24)23(4)19-9-11-20(12-10-19)25-14-6-5-13-22(3)15-18-7-8-18/h17-20H,5-16H2,1-4H3/t19-,20-. The second-order valence-electron chi connectivity index (χ2n) is 8.80. The van der Waals surface area contributed by atoms with Crippen LogP contribution in [0.25, 0.3) is 0 Å². The minimum absolute atomic E-state index is 0.182. The van der Waals surface area contributed by atoms with Crippen molar-refractivity contribution in [3.8, 4) is 0 Å². The van der Waals surface area contributed by atoms with Crippen LogP contribution in [0.2, 0.25) is 0 Å². The van der Waals surface area contributed by atoms with Gasteiger partial charge in [0.2, 0.25) is 0 Å². The lowest BCUT2D eigenvalue weighted by atomic mass is 9.92. The van der Waals surface area contributed by atoms with Gasteiger partial charge in [0, 0.05) is 26.2 Å². The van der Waals surface area contributed by atoms with Crippen LogP contribution in [0.1, 0.15) is 65.2 Å². The maximum atomic E-state index is 12.1. The highest BCUT2D eigenvalue weighted by molar-refractivity contribution is 5.67. The smallest absolute Gasteiger partial charge is 0.409 e. The zero-order valence-electron chi connectivity index (χ0n) is 17.4. The number of carbonyl (C=O) groups is 1. The van der Waals surface area contributed by atoms with E-state index in [2.05, 4.69) is 25.8 Å². The maximum Gasteiger partial charge on any atom is 0.409 e. The molecule has 0 heterocycles. The SMILES string of the molecule is CC(C)COC(=O)N(C)[C@H]1CC[C@H](OCCCCN(C)CC2CC2)CC1. The van der Waals surface area contributed by atoms with Crippen molar-refractivity contribution < 1.29 is 14.3 Å². The summed E-state index contributed by atoms with van der Waals surface area (Å²) < 4.78 is 11.4. The normalized spacial score (nSPS) is 23.5. The van der Waals surface area contributed by atoms with Crippen LogP contribution in [-0.2, 0) is 9.47 Å². The summed E-state index contributed by atoms with van der Waals surface area (Å²) in [4.78, 5) is 16.3. The molecule has 0 spiro atoms. The van der Waals surface area contributed by atoms with Gasteiger partial charge in [-0.3, -0.25) is 0 Å². The lowest BCUT2D eigenvalue weighted by Gasteiger charge is -2.34. The van der Waals surface area contributed by atoms with E-state index in [1.807, 2.05) is 7.05 Å². The van der Waals surface area contributed by atoms with E-state index in [0.29, 0.717) is 24.7 Å². The van der Waals surface area contributed by atoms with E-state index >= 15 is 0 Å². The number of carbonyl (C=O) groups excluding carboxylic acids is 1. The molecular formula is C21H40N2O3. The highest BCUT2D eigenvalue weighted by atomic mass is 16.6. The number of rotatable bonds is 11. The third-order valence-electron chi connectivity index (χ3n) is 5.57. The molecule has 0 aromatic rings. The number of ether oxygens (including phenoxy) is 2. The van der Waals surface area contributed by atoms with E-state index < -0.39 is 0 Å². The highest BCUT2D eigenvalue weighted by Gasteiger charge is 2.27. The quantitative estimate of drug-likeness (QED) is 0.514. The zero-order chi connectivity index (χ0) is 18.9. The minimum atomic E-state index is -0.182. The predicted molar refractivity (Wildman–Crippen MR) is 105 cm³/mol. The Hall–Kier alpha value is -0.810. The maximum absolute atomic E-state index is 12.1. The summed E-state index contributed by atoms with van der Waals surface area (Å²) in [6.07, 6.45) is 9.56. The summed E-state index contributed by atoms with van der Waals surface area (Å²) in [7, 11) is 4.11. The van der Waals surface area contributed by atoms with Crippen LogP contribution < -0.4 is 0 Å². The van der Waals surface area contributed by atoms with Crippen LogP contribution in [0.3, 0.4) is 0 Å². The highest BCUT2D eigenvalue weighted by Crippen LogP contribution is 2.29. The van der Waals surface area contributed by atoms with Gasteiger partial charge in [-0.15, -0.1) is 0 Å². The van der Waals surface area contributed by atoms with E-state index in [9.17, 15) is 4.79 Å². The average molecular weight is 369 g/mol. The Bertz CT molecular complexity index is 404. The molecule has 0 unspecified atom stereocenters. The van der Waals surface area contributed by atoms with Gasteiger partial charge in [0.05, 0.1) is 12.7 Å². The molecule has 0 saturated heterocycles. The van der Waals surface area contributed by atoms with Crippen LogP contribution >= 0.6 is 0 Å². The van der Waals surface area contributed by atoms with Gasteiger partial charge in [0.1, 0.15) is 0 Å². The van der Waals surface area contributed by atoms with E-state index in [0.717, 1.165) is 44.6 Å². The Balaban J connectivity index is 1.50. The Labute approximate surface area is 160 Å². The Morgan fingerprint density at radius 3 is 2.35 bits per heavy atom. The van der Waals surface area contributed by atoms with Gasteiger partial charge >= 0.3 is 6.09 Å².